The molecule has 3 nitrogen and oxygen atoms in total. The van der Waals surface area contributed by atoms with Gasteiger partial charge in [-0.3, -0.25) is 4.90 Å². The average molecular weight is 241 g/mol. The Hall–Kier alpha value is -0.120. The van der Waals surface area contributed by atoms with Gasteiger partial charge in [0.1, 0.15) is 0 Å². The summed E-state index contributed by atoms with van der Waals surface area (Å²) in [7, 11) is 0. The molecule has 0 aromatic carbocycles. The fourth-order valence-corrected chi connectivity index (χ4v) is 2.73. The maximum Gasteiger partial charge on any atom is 0.0112 e. The standard InChI is InChI=1S/C14H31N3/c1-4-6-14(3)17-8-5-7-16(9-10-17)12-13(2)11-15/h13-14H,4-12,15H2,1-3H3. The van der Waals surface area contributed by atoms with E-state index < -0.39 is 0 Å². The molecule has 1 aliphatic heterocycles. The van der Waals surface area contributed by atoms with Crippen molar-refractivity contribution in [2.45, 2.75) is 46.1 Å². The summed E-state index contributed by atoms with van der Waals surface area (Å²) in [6.45, 7) is 13.9. The summed E-state index contributed by atoms with van der Waals surface area (Å²) in [5.41, 5.74) is 5.71. The summed E-state index contributed by atoms with van der Waals surface area (Å²) >= 11 is 0. The van der Waals surface area contributed by atoms with E-state index in [1.165, 1.54) is 52.0 Å². The van der Waals surface area contributed by atoms with Crippen molar-refractivity contribution in [1.29, 1.82) is 0 Å². The zero-order valence-electron chi connectivity index (χ0n) is 12.0. The quantitative estimate of drug-likeness (QED) is 0.769. The maximum atomic E-state index is 5.71. The third-order valence-corrected chi connectivity index (χ3v) is 3.93. The molecule has 0 saturated carbocycles. The molecule has 17 heavy (non-hydrogen) atoms. The molecule has 3 heteroatoms. The number of nitrogens with zero attached hydrogens (tertiary/aromatic N) is 2. The van der Waals surface area contributed by atoms with Crippen molar-refractivity contribution in [1.82, 2.24) is 9.80 Å². The highest BCUT2D eigenvalue weighted by atomic mass is 15.2. The third kappa shape index (κ3) is 5.36. The molecular weight excluding hydrogens is 210 g/mol. The molecule has 0 radical (unpaired) electrons. The maximum absolute atomic E-state index is 5.71. The second kappa shape index (κ2) is 8.06. The largest absolute Gasteiger partial charge is 0.330 e. The van der Waals surface area contributed by atoms with Crippen LogP contribution in [0.2, 0.25) is 0 Å². The lowest BCUT2D eigenvalue weighted by Gasteiger charge is -2.28. The summed E-state index contributed by atoms with van der Waals surface area (Å²) in [4.78, 5) is 5.26. The van der Waals surface area contributed by atoms with Gasteiger partial charge in [0, 0.05) is 25.7 Å². The van der Waals surface area contributed by atoms with Gasteiger partial charge in [-0.2, -0.15) is 0 Å². The molecule has 1 heterocycles. The van der Waals surface area contributed by atoms with Crippen LogP contribution >= 0.6 is 0 Å². The highest BCUT2D eigenvalue weighted by Gasteiger charge is 2.19. The molecule has 1 saturated heterocycles. The van der Waals surface area contributed by atoms with Crippen molar-refractivity contribution < 1.29 is 0 Å². The molecule has 2 atom stereocenters. The fraction of sp³-hybridized carbons (Fsp3) is 1.00. The van der Waals surface area contributed by atoms with Gasteiger partial charge in [-0.25, -0.2) is 0 Å². The van der Waals surface area contributed by atoms with E-state index in [1.807, 2.05) is 0 Å². The summed E-state index contributed by atoms with van der Waals surface area (Å²) < 4.78 is 0. The Morgan fingerprint density at radius 3 is 2.53 bits per heavy atom. The molecule has 2 N–H and O–H groups in total. The van der Waals surface area contributed by atoms with Crippen LogP contribution in [-0.2, 0) is 0 Å². The Balaban J connectivity index is 2.33. The first-order valence-electron chi connectivity index (χ1n) is 7.33. The molecule has 1 aliphatic rings. The van der Waals surface area contributed by atoms with E-state index in [0.29, 0.717) is 5.92 Å². The Morgan fingerprint density at radius 2 is 1.88 bits per heavy atom. The van der Waals surface area contributed by atoms with Crippen LogP contribution in [0.5, 0.6) is 0 Å². The minimum absolute atomic E-state index is 0.634. The van der Waals surface area contributed by atoms with Gasteiger partial charge < -0.3 is 10.6 Å². The molecule has 2 unspecified atom stereocenters. The number of hydrogen-bond acceptors (Lipinski definition) is 3. The van der Waals surface area contributed by atoms with E-state index >= 15 is 0 Å². The van der Waals surface area contributed by atoms with Gasteiger partial charge in [0.15, 0.2) is 0 Å². The van der Waals surface area contributed by atoms with Gasteiger partial charge in [-0.1, -0.05) is 20.3 Å². The normalized spacial score (nSPS) is 23.3. The van der Waals surface area contributed by atoms with Gasteiger partial charge in [-0.15, -0.1) is 0 Å². The van der Waals surface area contributed by atoms with Gasteiger partial charge in [0.05, 0.1) is 0 Å². The van der Waals surface area contributed by atoms with Crippen molar-refractivity contribution in [2.24, 2.45) is 11.7 Å². The summed E-state index contributed by atoms with van der Waals surface area (Å²) in [6, 6.07) is 0.756. The van der Waals surface area contributed by atoms with E-state index in [1.54, 1.807) is 0 Å². The van der Waals surface area contributed by atoms with Crippen LogP contribution in [0.25, 0.3) is 0 Å². The van der Waals surface area contributed by atoms with Crippen LogP contribution in [-0.4, -0.2) is 55.1 Å². The number of rotatable bonds is 6. The Bertz CT molecular complexity index is 196. The molecule has 0 bridgehead atoms. The lowest BCUT2D eigenvalue weighted by Crippen LogP contribution is -2.38. The second-order valence-electron chi connectivity index (χ2n) is 5.67. The van der Waals surface area contributed by atoms with Crippen LogP contribution in [0.3, 0.4) is 0 Å². The Kier molecular flexibility index (Phi) is 7.09. The van der Waals surface area contributed by atoms with Gasteiger partial charge in [0.2, 0.25) is 0 Å². The Morgan fingerprint density at radius 1 is 1.12 bits per heavy atom. The predicted molar refractivity (Wildman–Crippen MR) is 75.2 cm³/mol. The van der Waals surface area contributed by atoms with Gasteiger partial charge >= 0.3 is 0 Å². The van der Waals surface area contributed by atoms with Gasteiger partial charge in [0.25, 0.3) is 0 Å². The van der Waals surface area contributed by atoms with Crippen molar-refractivity contribution in [2.75, 3.05) is 39.3 Å². The first kappa shape index (κ1) is 14.9. The minimum atomic E-state index is 0.634. The van der Waals surface area contributed by atoms with E-state index in [4.69, 9.17) is 5.73 Å². The van der Waals surface area contributed by atoms with Crippen LogP contribution in [0.4, 0.5) is 0 Å². The molecule has 0 aromatic rings. The predicted octanol–water partition coefficient (Wildman–Crippen LogP) is 1.78. The lowest BCUT2D eigenvalue weighted by molar-refractivity contribution is 0.194. The second-order valence-corrected chi connectivity index (χ2v) is 5.67. The van der Waals surface area contributed by atoms with Crippen LogP contribution < -0.4 is 5.73 Å². The summed E-state index contributed by atoms with van der Waals surface area (Å²) in [5.74, 6) is 0.634. The number of hydrogen-bond donors (Lipinski definition) is 1. The van der Waals surface area contributed by atoms with Crippen molar-refractivity contribution in [3.8, 4) is 0 Å². The molecule has 0 amide bonds. The molecule has 1 rings (SSSR count). The van der Waals surface area contributed by atoms with Gasteiger partial charge in [-0.05, 0) is 45.3 Å². The zero-order chi connectivity index (χ0) is 12.7. The fourth-order valence-electron chi connectivity index (χ4n) is 2.73. The molecule has 1 fully saturated rings. The van der Waals surface area contributed by atoms with Crippen molar-refractivity contribution in [3.05, 3.63) is 0 Å². The number of nitrogens with two attached hydrogens (primary N) is 1. The van der Waals surface area contributed by atoms with E-state index in [9.17, 15) is 0 Å². The first-order chi connectivity index (χ1) is 8.17. The summed E-state index contributed by atoms with van der Waals surface area (Å²) in [5, 5.41) is 0. The molecule has 0 aromatic heterocycles. The topological polar surface area (TPSA) is 32.5 Å². The molecular formula is C14H31N3. The van der Waals surface area contributed by atoms with Crippen LogP contribution in [0.1, 0.15) is 40.0 Å². The summed E-state index contributed by atoms with van der Waals surface area (Å²) in [6.07, 6.45) is 3.94. The third-order valence-electron chi connectivity index (χ3n) is 3.93. The Labute approximate surface area is 107 Å². The van der Waals surface area contributed by atoms with Crippen LogP contribution in [0, 0.1) is 5.92 Å². The highest BCUT2D eigenvalue weighted by molar-refractivity contribution is 4.75. The van der Waals surface area contributed by atoms with Crippen LogP contribution in [0.15, 0.2) is 0 Å². The smallest absolute Gasteiger partial charge is 0.0112 e. The van der Waals surface area contributed by atoms with E-state index in [0.717, 1.165) is 12.6 Å². The molecule has 0 aliphatic carbocycles. The first-order valence-corrected chi connectivity index (χ1v) is 7.33. The molecule has 0 spiro atoms. The molecule has 102 valence electrons. The monoisotopic (exact) mass is 241 g/mol. The van der Waals surface area contributed by atoms with E-state index in [-0.39, 0.29) is 0 Å². The van der Waals surface area contributed by atoms with Crippen molar-refractivity contribution in [3.63, 3.8) is 0 Å². The van der Waals surface area contributed by atoms with E-state index in [2.05, 4.69) is 30.6 Å². The minimum Gasteiger partial charge on any atom is -0.330 e. The zero-order valence-corrected chi connectivity index (χ0v) is 12.0. The SMILES string of the molecule is CCCC(C)N1CCCN(CC(C)CN)CC1. The lowest BCUT2D eigenvalue weighted by atomic mass is 10.1. The van der Waals surface area contributed by atoms with Crippen molar-refractivity contribution >= 4 is 0 Å². The highest BCUT2D eigenvalue weighted by Crippen LogP contribution is 2.11. The average Bonchev–Trinajstić information content (AvgIpc) is 2.55.